The third-order valence-electron chi connectivity index (χ3n) is 2.34. The highest BCUT2D eigenvalue weighted by atomic mass is 127. The fraction of sp³-hybridized carbons (Fsp3) is 0. The first-order chi connectivity index (χ1) is 8.54. The highest BCUT2D eigenvalue weighted by Crippen LogP contribution is 2.28. The van der Waals surface area contributed by atoms with Gasteiger partial charge in [-0.1, -0.05) is 0 Å². The van der Waals surface area contributed by atoms with E-state index in [1.807, 2.05) is 6.07 Å². The maximum atomic E-state index is 13.5. The van der Waals surface area contributed by atoms with Crippen molar-refractivity contribution in [3.8, 4) is 11.8 Å². The van der Waals surface area contributed by atoms with Crippen molar-refractivity contribution in [1.29, 1.82) is 5.26 Å². The SMILES string of the molecule is N#Cc1cccn1-c1cc(F)c(I)cc1[N+](=O)[O-]. The van der Waals surface area contributed by atoms with E-state index in [9.17, 15) is 14.5 Å². The average molecular weight is 357 g/mol. The fourth-order valence-electron chi connectivity index (χ4n) is 1.55. The van der Waals surface area contributed by atoms with E-state index in [2.05, 4.69) is 0 Å². The predicted molar refractivity (Wildman–Crippen MR) is 69.8 cm³/mol. The normalized spacial score (nSPS) is 10.1. The molecule has 5 nitrogen and oxygen atoms in total. The number of hydrogen-bond donors (Lipinski definition) is 0. The van der Waals surface area contributed by atoms with E-state index in [1.54, 1.807) is 28.7 Å². The fourth-order valence-corrected chi connectivity index (χ4v) is 2.00. The van der Waals surface area contributed by atoms with Gasteiger partial charge in [0.25, 0.3) is 5.69 Å². The first-order valence-electron chi connectivity index (χ1n) is 4.76. The van der Waals surface area contributed by atoms with Gasteiger partial charge in [-0.3, -0.25) is 10.1 Å². The molecule has 0 unspecified atom stereocenters. The van der Waals surface area contributed by atoms with Crippen LogP contribution < -0.4 is 0 Å². The predicted octanol–water partition coefficient (Wildman–Crippen LogP) is 3.00. The molecule has 0 fully saturated rings. The van der Waals surface area contributed by atoms with Crippen LogP contribution in [0.25, 0.3) is 5.69 Å². The summed E-state index contributed by atoms with van der Waals surface area (Å²) >= 11 is 1.68. The molecule has 18 heavy (non-hydrogen) atoms. The van der Waals surface area contributed by atoms with Crippen molar-refractivity contribution in [3.63, 3.8) is 0 Å². The second kappa shape index (κ2) is 4.73. The lowest BCUT2D eigenvalue weighted by Gasteiger charge is -2.07. The van der Waals surface area contributed by atoms with Gasteiger partial charge in [-0.2, -0.15) is 5.26 Å². The van der Waals surface area contributed by atoms with Crippen LogP contribution in [0.4, 0.5) is 10.1 Å². The van der Waals surface area contributed by atoms with Crippen molar-refractivity contribution in [3.05, 3.63) is 55.7 Å². The van der Waals surface area contributed by atoms with E-state index in [1.165, 1.54) is 16.8 Å². The molecule has 0 amide bonds. The Balaban J connectivity index is 2.75. The maximum absolute atomic E-state index is 13.5. The molecule has 0 aliphatic rings. The molecule has 1 aromatic carbocycles. The molecule has 0 aliphatic heterocycles. The lowest BCUT2D eigenvalue weighted by Crippen LogP contribution is -2.03. The highest BCUT2D eigenvalue weighted by Gasteiger charge is 2.20. The summed E-state index contributed by atoms with van der Waals surface area (Å²) < 4.78 is 15.0. The van der Waals surface area contributed by atoms with Gasteiger partial charge in [0.1, 0.15) is 23.3 Å². The number of nitrogens with zero attached hydrogens (tertiary/aromatic N) is 3. The van der Waals surface area contributed by atoms with E-state index in [0.717, 1.165) is 12.1 Å². The lowest BCUT2D eigenvalue weighted by molar-refractivity contribution is -0.384. The van der Waals surface area contributed by atoms with Crippen LogP contribution in [0.15, 0.2) is 30.5 Å². The van der Waals surface area contributed by atoms with Gasteiger partial charge in [0.15, 0.2) is 0 Å². The second-order valence-corrected chi connectivity index (χ2v) is 4.55. The molecule has 1 heterocycles. The summed E-state index contributed by atoms with van der Waals surface area (Å²) in [5, 5.41) is 19.8. The summed E-state index contributed by atoms with van der Waals surface area (Å²) in [6.07, 6.45) is 1.48. The lowest BCUT2D eigenvalue weighted by atomic mass is 10.2. The van der Waals surface area contributed by atoms with E-state index in [-0.39, 0.29) is 20.6 Å². The third-order valence-corrected chi connectivity index (χ3v) is 3.16. The van der Waals surface area contributed by atoms with Crippen molar-refractivity contribution in [2.45, 2.75) is 0 Å². The first kappa shape index (κ1) is 12.5. The summed E-state index contributed by atoms with van der Waals surface area (Å²) in [5.74, 6) is -0.561. The van der Waals surface area contributed by atoms with Crippen molar-refractivity contribution in [2.75, 3.05) is 0 Å². The molecule has 0 N–H and O–H groups in total. The minimum Gasteiger partial charge on any atom is -0.302 e. The van der Waals surface area contributed by atoms with Gasteiger partial charge in [-0.05, 0) is 34.7 Å². The molecule has 0 atom stereocenters. The van der Waals surface area contributed by atoms with Gasteiger partial charge in [0.05, 0.1) is 8.49 Å². The van der Waals surface area contributed by atoms with Crippen LogP contribution in [0.1, 0.15) is 5.69 Å². The Labute approximate surface area is 115 Å². The molecular weight excluding hydrogens is 352 g/mol. The van der Waals surface area contributed by atoms with Crippen molar-refractivity contribution in [2.24, 2.45) is 0 Å². The molecule has 2 rings (SSSR count). The molecule has 7 heteroatoms. The van der Waals surface area contributed by atoms with E-state index < -0.39 is 10.7 Å². The molecule has 2 aromatic rings. The highest BCUT2D eigenvalue weighted by molar-refractivity contribution is 14.1. The number of aromatic nitrogens is 1. The zero-order valence-corrected chi connectivity index (χ0v) is 11.0. The summed E-state index contributed by atoms with van der Waals surface area (Å²) in [5.41, 5.74) is 0.00618. The number of hydrogen-bond acceptors (Lipinski definition) is 3. The van der Waals surface area contributed by atoms with Gasteiger partial charge in [0, 0.05) is 18.3 Å². The minimum atomic E-state index is -0.599. The van der Waals surface area contributed by atoms with Crippen LogP contribution in [0.5, 0.6) is 0 Å². The molecule has 0 radical (unpaired) electrons. The molecule has 0 spiro atoms. The van der Waals surface area contributed by atoms with Gasteiger partial charge in [-0.15, -0.1) is 0 Å². The number of halogens is 2. The zero-order chi connectivity index (χ0) is 13.3. The van der Waals surface area contributed by atoms with E-state index >= 15 is 0 Å². The summed E-state index contributed by atoms with van der Waals surface area (Å²) in [6.45, 7) is 0. The maximum Gasteiger partial charge on any atom is 0.294 e. The molecule has 90 valence electrons. The average Bonchev–Trinajstić information content (AvgIpc) is 2.79. The van der Waals surface area contributed by atoms with Gasteiger partial charge < -0.3 is 4.57 Å². The van der Waals surface area contributed by atoms with Crippen molar-refractivity contribution in [1.82, 2.24) is 4.57 Å². The number of nitriles is 1. The Morgan fingerprint density at radius 1 is 1.50 bits per heavy atom. The monoisotopic (exact) mass is 357 g/mol. The molecule has 0 bridgehead atoms. The summed E-state index contributed by atoms with van der Waals surface area (Å²) in [4.78, 5) is 10.4. The second-order valence-electron chi connectivity index (χ2n) is 3.39. The Bertz CT molecular complexity index is 675. The Hall–Kier alpha value is -1.95. The topological polar surface area (TPSA) is 71.9 Å². The molecule has 0 saturated heterocycles. The number of rotatable bonds is 2. The Morgan fingerprint density at radius 3 is 2.83 bits per heavy atom. The van der Waals surface area contributed by atoms with E-state index in [0.29, 0.717) is 0 Å². The van der Waals surface area contributed by atoms with Crippen LogP contribution in [-0.2, 0) is 0 Å². The minimum absolute atomic E-state index is 0.0412. The summed E-state index contributed by atoms with van der Waals surface area (Å²) in [7, 11) is 0. The van der Waals surface area contributed by atoms with Crippen LogP contribution >= 0.6 is 22.6 Å². The third kappa shape index (κ3) is 2.06. The van der Waals surface area contributed by atoms with Crippen LogP contribution in [0, 0.1) is 30.8 Å². The van der Waals surface area contributed by atoms with Crippen LogP contribution in [0.3, 0.4) is 0 Å². The Kier molecular flexibility index (Phi) is 3.29. The molecule has 0 aliphatic carbocycles. The van der Waals surface area contributed by atoms with Crippen molar-refractivity contribution < 1.29 is 9.31 Å². The standard InChI is InChI=1S/C11H5FIN3O2/c12-8-4-10(11(16(17)18)5-9(8)13)15-3-1-2-7(15)6-14/h1-5H. The summed E-state index contributed by atoms with van der Waals surface area (Å²) in [6, 6.07) is 7.16. The quantitative estimate of drug-likeness (QED) is 0.471. The zero-order valence-electron chi connectivity index (χ0n) is 8.80. The molecule has 1 aromatic heterocycles. The van der Waals surface area contributed by atoms with Gasteiger partial charge in [0.2, 0.25) is 0 Å². The Morgan fingerprint density at radius 2 is 2.22 bits per heavy atom. The van der Waals surface area contributed by atoms with Crippen molar-refractivity contribution >= 4 is 28.3 Å². The number of benzene rings is 1. The first-order valence-corrected chi connectivity index (χ1v) is 5.83. The smallest absolute Gasteiger partial charge is 0.294 e. The van der Waals surface area contributed by atoms with Gasteiger partial charge >= 0.3 is 0 Å². The molecule has 0 saturated carbocycles. The number of nitro benzene ring substituents is 1. The largest absolute Gasteiger partial charge is 0.302 e. The van der Waals surface area contributed by atoms with Gasteiger partial charge in [-0.25, -0.2) is 4.39 Å². The van der Waals surface area contributed by atoms with Crippen LogP contribution in [-0.4, -0.2) is 9.49 Å². The van der Waals surface area contributed by atoms with E-state index in [4.69, 9.17) is 5.26 Å². The molecular formula is C11H5FIN3O2. The number of nitro groups is 1. The van der Waals surface area contributed by atoms with Crippen LogP contribution in [0.2, 0.25) is 0 Å².